The van der Waals surface area contributed by atoms with Crippen LogP contribution in [0.4, 0.5) is 5.69 Å². The summed E-state index contributed by atoms with van der Waals surface area (Å²) in [5, 5.41) is -0.861. The summed E-state index contributed by atoms with van der Waals surface area (Å²) in [6.07, 6.45) is -0.0817. The zero-order valence-corrected chi connectivity index (χ0v) is 15.3. The van der Waals surface area contributed by atoms with Crippen LogP contribution in [0.3, 0.4) is 0 Å². The van der Waals surface area contributed by atoms with Crippen molar-refractivity contribution < 1.29 is 13.2 Å². The van der Waals surface area contributed by atoms with E-state index in [0.29, 0.717) is 5.69 Å². The zero-order chi connectivity index (χ0) is 16.5. The molecule has 0 saturated carbocycles. The lowest BCUT2D eigenvalue weighted by atomic mass is 10.1. The molecule has 1 heterocycles. The number of nitrogens with zero attached hydrogens (tertiary/aromatic N) is 1. The van der Waals surface area contributed by atoms with E-state index in [0.717, 1.165) is 5.56 Å². The van der Waals surface area contributed by atoms with E-state index in [1.165, 1.54) is 4.90 Å². The van der Waals surface area contributed by atoms with Crippen molar-refractivity contribution in [2.45, 2.75) is 31.3 Å². The predicted octanol–water partition coefficient (Wildman–Crippen LogP) is 2.59. The Morgan fingerprint density at radius 2 is 1.91 bits per heavy atom. The standard InChI is InChI=1S/C15H18ClNO3SSi/c1-22(2,3)9-8-12-6-4-5-7-14(12)17-11-13(10-15(17)18)21(16,19)20/h4-7,13H,10-11H2,1-3H3. The Morgan fingerprint density at radius 1 is 1.27 bits per heavy atom. The SMILES string of the molecule is C[Si](C)(C)C#Cc1ccccc1N1CC(S(=O)(=O)Cl)CC1=O. The second-order valence-electron chi connectivity index (χ2n) is 6.32. The number of rotatable bonds is 2. The van der Waals surface area contributed by atoms with Crippen LogP contribution in [-0.4, -0.2) is 34.2 Å². The summed E-state index contributed by atoms with van der Waals surface area (Å²) >= 11 is 0. The van der Waals surface area contributed by atoms with Crippen LogP contribution >= 0.6 is 10.7 Å². The minimum absolute atomic E-state index is 0.0797. The average Bonchev–Trinajstić information content (AvgIpc) is 2.78. The van der Waals surface area contributed by atoms with E-state index in [9.17, 15) is 13.2 Å². The summed E-state index contributed by atoms with van der Waals surface area (Å²) < 4.78 is 22.9. The highest BCUT2D eigenvalue weighted by Crippen LogP contribution is 2.29. The maximum Gasteiger partial charge on any atom is 0.237 e. The monoisotopic (exact) mass is 355 g/mol. The van der Waals surface area contributed by atoms with Crippen LogP contribution in [-0.2, 0) is 13.8 Å². The topological polar surface area (TPSA) is 54.5 Å². The fourth-order valence-electron chi connectivity index (χ4n) is 2.17. The van der Waals surface area contributed by atoms with Crippen molar-refractivity contribution in [3.05, 3.63) is 29.8 Å². The van der Waals surface area contributed by atoms with Crippen molar-refractivity contribution in [3.8, 4) is 11.5 Å². The molecule has 0 radical (unpaired) electrons. The van der Waals surface area contributed by atoms with Crippen molar-refractivity contribution in [1.29, 1.82) is 0 Å². The van der Waals surface area contributed by atoms with Crippen LogP contribution in [0.2, 0.25) is 19.6 Å². The van der Waals surface area contributed by atoms with Gasteiger partial charge in [-0.3, -0.25) is 4.79 Å². The van der Waals surface area contributed by atoms with E-state index < -0.39 is 22.4 Å². The number of amides is 1. The van der Waals surface area contributed by atoms with Gasteiger partial charge in [-0.2, -0.15) is 0 Å². The molecular formula is C15H18ClNO3SSi. The molecule has 1 saturated heterocycles. The van der Waals surface area contributed by atoms with Crippen molar-refractivity contribution in [1.82, 2.24) is 0 Å². The molecule has 0 N–H and O–H groups in total. The summed E-state index contributed by atoms with van der Waals surface area (Å²) in [6, 6.07) is 7.30. The molecular weight excluding hydrogens is 338 g/mol. The number of carbonyl (C=O) groups is 1. The largest absolute Gasteiger partial charge is 0.310 e. The van der Waals surface area contributed by atoms with Gasteiger partial charge in [0.2, 0.25) is 15.0 Å². The highest BCUT2D eigenvalue weighted by atomic mass is 35.7. The minimum Gasteiger partial charge on any atom is -0.310 e. The number of halogens is 1. The van der Waals surface area contributed by atoms with Gasteiger partial charge in [0.25, 0.3) is 0 Å². The highest BCUT2D eigenvalue weighted by molar-refractivity contribution is 8.14. The third kappa shape index (κ3) is 4.13. The number of para-hydroxylation sites is 1. The molecule has 0 bridgehead atoms. The van der Waals surface area contributed by atoms with E-state index in [1.807, 2.05) is 18.2 Å². The van der Waals surface area contributed by atoms with E-state index in [1.54, 1.807) is 6.07 Å². The van der Waals surface area contributed by atoms with Gasteiger partial charge in [0.15, 0.2) is 0 Å². The predicted molar refractivity (Wildman–Crippen MR) is 92.2 cm³/mol. The lowest BCUT2D eigenvalue weighted by Crippen LogP contribution is -2.27. The van der Waals surface area contributed by atoms with Gasteiger partial charge in [-0.15, -0.1) is 5.54 Å². The van der Waals surface area contributed by atoms with E-state index >= 15 is 0 Å². The molecule has 118 valence electrons. The second kappa shape index (κ2) is 6.07. The van der Waals surface area contributed by atoms with Crippen LogP contribution in [0.25, 0.3) is 0 Å². The molecule has 0 aliphatic carbocycles. The number of anilines is 1. The number of hydrogen-bond donors (Lipinski definition) is 0. The first-order valence-corrected chi connectivity index (χ1v) is 12.8. The molecule has 1 fully saturated rings. The fraction of sp³-hybridized carbons (Fsp3) is 0.400. The Kier molecular flexibility index (Phi) is 4.71. The van der Waals surface area contributed by atoms with Crippen molar-refractivity contribution in [2.24, 2.45) is 0 Å². The molecule has 1 unspecified atom stereocenters. The lowest BCUT2D eigenvalue weighted by molar-refractivity contribution is -0.117. The smallest absolute Gasteiger partial charge is 0.237 e. The fourth-order valence-corrected chi connectivity index (χ4v) is 3.70. The first kappa shape index (κ1) is 17.1. The maximum absolute atomic E-state index is 12.1. The van der Waals surface area contributed by atoms with Crippen LogP contribution in [0.5, 0.6) is 0 Å². The van der Waals surface area contributed by atoms with E-state index in [4.69, 9.17) is 10.7 Å². The number of carbonyl (C=O) groups excluding carboxylic acids is 1. The van der Waals surface area contributed by atoms with Gasteiger partial charge in [0.05, 0.1) is 5.69 Å². The second-order valence-corrected chi connectivity index (χ2v) is 14.0. The quantitative estimate of drug-likeness (QED) is 0.465. The average molecular weight is 356 g/mol. The van der Waals surface area contributed by atoms with Gasteiger partial charge < -0.3 is 4.90 Å². The minimum atomic E-state index is -3.74. The van der Waals surface area contributed by atoms with Gasteiger partial charge >= 0.3 is 0 Å². The Morgan fingerprint density at radius 3 is 2.45 bits per heavy atom. The summed E-state index contributed by atoms with van der Waals surface area (Å²) in [5.41, 5.74) is 4.66. The van der Waals surface area contributed by atoms with Gasteiger partial charge in [-0.25, -0.2) is 8.42 Å². The first-order valence-electron chi connectivity index (χ1n) is 6.94. The van der Waals surface area contributed by atoms with Gasteiger partial charge in [-0.1, -0.05) is 37.7 Å². The molecule has 0 aromatic heterocycles. The summed E-state index contributed by atoms with van der Waals surface area (Å²) in [7, 11) is 0.101. The van der Waals surface area contributed by atoms with Crippen molar-refractivity contribution >= 4 is 39.4 Å². The Labute approximate surface area is 136 Å². The van der Waals surface area contributed by atoms with Gasteiger partial charge in [0.1, 0.15) is 13.3 Å². The summed E-state index contributed by atoms with van der Waals surface area (Å²) in [5.74, 6) is 2.90. The van der Waals surface area contributed by atoms with Crippen LogP contribution in [0.1, 0.15) is 12.0 Å². The molecule has 1 aliphatic rings. The molecule has 1 aliphatic heterocycles. The Bertz CT molecular complexity index is 759. The number of benzene rings is 1. The number of hydrogen-bond acceptors (Lipinski definition) is 3. The zero-order valence-electron chi connectivity index (χ0n) is 12.8. The molecule has 22 heavy (non-hydrogen) atoms. The Balaban J connectivity index is 2.38. The molecule has 7 heteroatoms. The van der Waals surface area contributed by atoms with Gasteiger partial charge in [0, 0.05) is 29.2 Å². The van der Waals surface area contributed by atoms with E-state index in [2.05, 4.69) is 31.1 Å². The third-order valence-electron chi connectivity index (χ3n) is 3.25. The Hall–Kier alpha value is -1.29. The van der Waals surface area contributed by atoms with Crippen molar-refractivity contribution in [3.63, 3.8) is 0 Å². The molecule has 1 atom stereocenters. The molecule has 1 aromatic rings. The van der Waals surface area contributed by atoms with Crippen LogP contribution < -0.4 is 4.90 Å². The summed E-state index contributed by atoms with van der Waals surface area (Å²) in [4.78, 5) is 13.6. The van der Waals surface area contributed by atoms with Crippen LogP contribution in [0, 0.1) is 11.5 Å². The van der Waals surface area contributed by atoms with E-state index in [-0.39, 0.29) is 18.9 Å². The molecule has 0 spiro atoms. The summed E-state index contributed by atoms with van der Waals surface area (Å²) in [6.45, 7) is 6.50. The maximum atomic E-state index is 12.1. The van der Waals surface area contributed by atoms with Crippen molar-refractivity contribution in [2.75, 3.05) is 11.4 Å². The molecule has 4 nitrogen and oxygen atoms in total. The highest BCUT2D eigenvalue weighted by Gasteiger charge is 2.38. The lowest BCUT2D eigenvalue weighted by Gasteiger charge is -2.18. The van der Waals surface area contributed by atoms with Gasteiger partial charge in [-0.05, 0) is 12.1 Å². The molecule has 1 aromatic carbocycles. The first-order chi connectivity index (χ1) is 10.1. The molecule has 2 rings (SSSR count). The third-order valence-corrected chi connectivity index (χ3v) is 6.00. The van der Waals surface area contributed by atoms with Crippen LogP contribution in [0.15, 0.2) is 24.3 Å². The normalized spacial score (nSPS) is 19.0. The molecule has 1 amide bonds.